The zero-order chi connectivity index (χ0) is 13.4. The Kier molecular flexibility index (Phi) is 9.77. The number of hydrogen-bond acceptors (Lipinski definition) is 3. The molecule has 0 aliphatic heterocycles. The average Bonchev–Trinajstić information content (AvgIpc) is 2.36. The van der Waals surface area contributed by atoms with Gasteiger partial charge in [0.1, 0.15) is 5.82 Å². The molecule has 0 unspecified atom stereocenters. The fraction of sp³-hybridized carbons (Fsp3) is 0.417. The van der Waals surface area contributed by atoms with Crippen LogP contribution in [0.3, 0.4) is 0 Å². The van der Waals surface area contributed by atoms with Crippen molar-refractivity contribution in [3.8, 4) is 0 Å². The largest absolute Gasteiger partial charge is 0.383 e. The molecule has 1 aromatic carbocycles. The molecular weight excluding hydrogens is 338 g/mol. The molecule has 7 heteroatoms. The Morgan fingerprint density at radius 3 is 2.74 bits per heavy atom. The van der Waals surface area contributed by atoms with Gasteiger partial charge in [-0.1, -0.05) is 0 Å². The third-order valence-corrected chi connectivity index (χ3v) is 2.90. The first kappa shape index (κ1) is 18.3. The SMILES string of the molecule is COCCNCCNC(=O)c1ccc(Br)c(F)c1.Cl. The van der Waals surface area contributed by atoms with E-state index >= 15 is 0 Å². The molecule has 108 valence electrons. The van der Waals surface area contributed by atoms with Crippen LogP contribution in [0, 0.1) is 5.82 Å². The summed E-state index contributed by atoms with van der Waals surface area (Å²) < 4.78 is 18.4. The molecule has 1 amide bonds. The molecule has 0 bridgehead atoms. The lowest BCUT2D eigenvalue weighted by molar-refractivity contribution is 0.0953. The lowest BCUT2D eigenvalue weighted by Gasteiger charge is -2.07. The number of carbonyl (C=O) groups is 1. The van der Waals surface area contributed by atoms with Gasteiger partial charge in [0.25, 0.3) is 5.91 Å². The van der Waals surface area contributed by atoms with Crippen LogP contribution >= 0.6 is 28.3 Å². The molecule has 0 aromatic heterocycles. The Balaban J connectivity index is 0.00000324. The van der Waals surface area contributed by atoms with Crippen LogP contribution in [-0.2, 0) is 4.74 Å². The highest BCUT2D eigenvalue weighted by molar-refractivity contribution is 9.10. The first-order chi connectivity index (χ1) is 8.65. The van der Waals surface area contributed by atoms with E-state index in [0.717, 1.165) is 6.54 Å². The molecule has 0 heterocycles. The molecule has 0 aliphatic rings. The van der Waals surface area contributed by atoms with E-state index in [9.17, 15) is 9.18 Å². The highest BCUT2D eigenvalue weighted by atomic mass is 79.9. The van der Waals surface area contributed by atoms with Crippen LogP contribution in [0.5, 0.6) is 0 Å². The molecule has 0 spiro atoms. The van der Waals surface area contributed by atoms with E-state index in [1.165, 1.54) is 12.1 Å². The predicted molar refractivity (Wildman–Crippen MR) is 78.4 cm³/mol. The van der Waals surface area contributed by atoms with Crippen LogP contribution in [0.25, 0.3) is 0 Å². The highest BCUT2D eigenvalue weighted by Gasteiger charge is 2.07. The maximum Gasteiger partial charge on any atom is 0.251 e. The first-order valence-corrected chi connectivity index (χ1v) is 6.37. The van der Waals surface area contributed by atoms with Gasteiger partial charge in [-0.2, -0.15) is 0 Å². The van der Waals surface area contributed by atoms with Gasteiger partial charge in [0.2, 0.25) is 0 Å². The minimum absolute atomic E-state index is 0. The van der Waals surface area contributed by atoms with Gasteiger partial charge in [0.15, 0.2) is 0 Å². The number of carbonyl (C=O) groups excluding carboxylic acids is 1. The van der Waals surface area contributed by atoms with Gasteiger partial charge in [-0.05, 0) is 34.1 Å². The molecule has 1 rings (SSSR count). The Morgan fingerprint density at radius 1 is 1.37 bits per heavy atom. The number of amides is 1. The summed E-state index contributed by atoms with van der Waals surface area (Å²) in [5.41, 5.74) is 0.313. The molecule has 0 saturated heterocycles. The van der Waals surface area contributed by atoms with Gasteiger partial charge in [0.05, 0.1) is 11.1 Å². The third kappa shape index (κ3) is 6.87. The smallest absolute Gasteiger partial charge is 0.251 e. The summed E-state index contributed by atoms with van der Waals surface area (Å²) in [7, 11) is 1.63. The second-order valence-electron chi connectivity index (χ2n) is 3.63. The molecule has 2 N–H and O–H groups in total. The summed E-state index contributed by atoms with van der Waals surface area (Å²) in [5.74, 6) is -0.726. The van der Waals surface area contributed by atoms with Gasteiger partial charge >= 0.3 is 0 Å². The number of ether oxygens (including phenoxy) is 1. The van der Waals surface area contributed by atoms with E-state index in [4.69, 9.17) is 4.74 Å². The molecule has 0 fully saturated rings. The van der Waals surface area contributed by atoms with Crippen molar-refractivity contribution in [3.05, 3.63) is 34.1 Å². The quantitative estimate of drug-likeness (QED) is 0.735. The topological polar surface area (TPSA) is 50.4 Å². The van der Waals surface area contributed by atoms with E-state index in [0.29, 0.717) is 29.7 Å². The molecular formula is C12H17BrClFN2O2. The number of rotatable bonds is 7. The lowest BCUT2D eigenvalue weighted by Crippen LogP contribution is -2.33. The normalized spacial score (nSPS) is 9.84. The van der Waals surface area contributed by atoms with Crippen LogP contribution in [-0.4, -0.2) is 39.3 Å². The monoisotopic (exact) mass is 354 g/mol. The summed E-state index contributed by atoms with van der Waals surface area (Å²) in [6.07, 6.45) is 0. The van der Waals surface area contributed by atoms with Crippen molar-refractivity contribution < 1.29 is 13.9 Å². The zero-order valence-electron chi connectivity index (χ0n) is 10.5. The summed E-state index contributed by atoms with van der Waals surface area (Å²) in [6.45, 7) is 2.50. The van der Waals surface area contributed by atoms with E-state index in [1.54, 1.807) is 13.2 Å². The number of hydrogen-bond donors (Lipinski definition) is 2. The lowest BCUT2D eigenvalue weighted by atomic mass is 10.2. The second-order valence-corrected chi connectivity index (χ2v) is 4.48. The van der Waals surface area contributed by atoms with Crippen molar-refractivity contribution in [2.24, 2.45) is 0 Å². The van der Waals surface area contributed by atoms with Gasteiger partial charge < -0.3 is 15.4 Å². The predicted octanol–water partition coefficient (Wildman–Crippen LogP) is 1.98. The fourth-order valence-electron chi connectivity index (χ4n) is 1.30. The first-order valence-electron chi connectivity index (χ1n) is 5.58. The fourth-order valence-corrected chi connectivity index (χ4v) is 1.55. The molecule has 0 atom stereocenters. The molecule has 1 aromatic rings. The minimum Gasteiger partial charge on any atom is -0.383 e. The summed E-state index contributed by atoms with van der Waals surface area (Å²) in [5, 5.41) is 5.79. The minimum atomic E-state index is -0.444. The molecule has 4 nitrogen and oxygen atoms in total. The van der Waals surface area contributed by atoms with Gasteiger partial charge in [0, 0.05) is 32.3 Å². The van der Waals surface area contributed by atoms with Crippen molar-refractivity contribution in [2.75, 3.05) is 33.4 Å². The molecule has 0 saturated carbocycles. The zero-order valence-corrected chi connectivity index (χ0v) is 12.9. The van der Waals surface area contributed by atoms with Gasteiger partial charge in [-0.3, -0.25) is 4.79 Å². The second kappa shape index (κ2) is 10.1. The van der Waals surface area contributed by atoms with E-state index in [1.807, 2.05) is 0 Å². The maximum absolute atomic E-state index is 13.2. The number of nitrogens with one attached hydrogen (secondary N) is 2. The van der Waals surface area contributed by atoms with Crippen molar-refractivity contribution in [3.63, 3.8) is 0 Å². The summed E-state index contributed by atoms with van der Waals surface area (Å²) >= 11 is 3.04. The molecule has 19 heavy (non-hydrogen) atoms. The van der Waals surface area contributed by atoms with Crippen LogP contribution in [0.2, 0.25) is 0 Å². The standard InChI is InChI=1S/C12H16BrFN2O2.ClH/c1-18-7-6-15-4-5-16-12(17)9-2-3-10(13)11(14)8-9;/h2-3,8,15H,4-7H2,1H3,(H,16,17);1H. The molecule has 0 radical (unpaired) electrons. The Morgan fingerprint density at radius 2 is 2.11 bits per heavy atom. The third-order valence-electron chi connectivity index (χ3n) is 2.25. The summed E-state index contributed by atoms with van der Waals surface area (Å²) in [6, 6.07) is 4.29. The Bertz CT molecular complexity index is 407. The maximum atomic E-state index is 13.2. The van der Waals surface area contributed by atoms with Crippen LogP contribution < -0.4 is 10.6 Å². The highest BCUT2D eigenvalue weighted by Crippen LogP contribution is 2.16. The summed E-state index contributed by atoms with van der Waals surface area (Å²) in [4.78, 5) is 11.7. The molecule has 0 aliphatic carbocycles. The van der Waals surface area contributed by atoms with Crippen molar-refractivity contribution in [1.82, 2.24) is 10.6 Å². The Labute approximate surface area is 126 Å². The van der Waals surface area contributed by atoms with E-state index in [-0.39, 0.29) is 18.3 Å². The van der Waals surface area contributed by atoms with Crippen LogP contribution in [0.4, 0.5) is 4.39 Å². The number of halogens is 3. The number of methoxy groups -OCH3 is 1. The van der Waals surface area contributed by atoms with Crippen molar-refractivity contribution >= 4 is 34.2 Å². The van der Waals surface area contributed by atoms with Crippen LogP contribution in [0.1, 0.15) is 10.4 Å². The van der Waals surface area contributed by atoms with Crippen LogP contribution in [0.15, 0.2) is 22.7 Å². The number of benzene rings is 1. The van der Waals surface area contributed by atoms with Crippen molar-refractivity contribution in [2.45, 2.75) is 0 Å². The Hall–Kier alpha value is -0.690. The van der Waals surface area contributed by atoms with Crippen molar-refractivity contribution in [1.29, 1.82) is 0 Å². The van der Waals surface area contributed by atoms with Gasteiger partial charge in [-0.15, -0.1) is 12.4 Å². The van der Waals surface area contributed by atoms with Gasteiger partial charge in [-0.25, -0.2) is 4.39 Å². The average molecular weight is 356 g/mol. The van der Waals surface area contributed by atoms with E-state index < -0.39 is 5.82 Å². The van der Waals surface area contributed by atoms with E-state index in [2.05, 4.69) is 26.6 Å².